The van der Waals surface area contributed by atoms with Crippen LogP contribution in [0, 0.1) is 10.1 Å². The Morgan fingerprint density at radius 3 is 2.23 bits per heavy atom. The van der Waals surface area contributed by atoms with E-state index < -0.39 is 0 Å². The number of hydrogen-bond donors (Lipinski definition) is 0. The van der Waals surface area contributed by atoms with Crippen LogP contribution < -0.4 is 9.28 Å². The minimum atomic E-state index is 0.289. The molecule has 22 heavy (non-hydrogen) atoms. The summed E-state index contributed by atoms with van der Waals surface area (Å²) in [6.07, 6.45) is 0. The fraction of sp³-hybridized carbons (Fsp3) is 0.0588. The molecule has 1 aromatic heterocycles. The highest BCUT2D eigenvalue weighted by molar-refractivity contribution is 5.63. The van der Waals surface area contributed by atoms with Gasteiger partial charge in [0.15, 0.2) is 4.54 Å². The first-order valence-electron chi connectivity index (χ1n) is 6.77. The topological polar surface area (TPSA) is 60.2 Å². The molecule has 1 heterocycles. The second-order valence-corrected chi connectivity index (χ2v) is 4.74. The lowest BCUT2D eigenvalue weighted by Gasteiger charge is -2.10. The van der Waals surface area contributed by atoms with Gasteiger partial charge in [0.2, 0.25) is 0 Å². The largest absolute Gasteiger partial charge is 0.755 e. The number of rotatable bonds is 3. The van der Waals surface area contributed by atoms with Crippen molar-refractivity contribution in [2.45, 2.75) is 0 Å². The van der Waals surface area contributed by atoms with Crippen LogP contribution in [-0.4, -0.2) is 12.0 Å². The average molecular weight is 294 g/mol. The third-order valence-corrected chi connectivity index (χ3v) is 3.43. The molecular formula is C17H14N2O3. The predicted octanol–water partition coefficient (Wildman–Crippen LogP) is 3.09. The SMILES string of the molecule is COc1ccc(-c2ccc(-c3ccccc3)[n+](=O)n2[O-])cc1. The molecule has 0 saturated heterocycles. The fourth-order valence-corrected chi connectivity index (χ4v) is 2.27. The Morgan fingerprint density at radius 1 is 0.909 bits per heavy atom. The number of ether oxygens (including phenoxy) is 1. The minimum Gasteiger partial charge on any atom is -0.755 e. The van der Waals surface area contributed by atoms with Gasteiger partial charge in [0.1, 0.15) is 11.4 Å². The zero-order valence-corrected chi connectivity index (χ0v) is 12.0. The Hall–Kier alpha value is -3.08. The van der Waals surface area contributed by atoms with E-state index in [1.165, 1.54) is 0 Å². The summed E-state index contributed by atoms with van der Waals surface area (Å²) in [5, 5.41) is 12.3. The Kier molecular flexibility index (Phi) is 3.62. The smallest absolute Gasteiger partial charge is 0.299 e. The number of nitrogens with zero attached hydrogens (tertiary/aromatic N) is 2. The van der Waals surface area contributed by atoms with E-state index in [4.69, 9.17) is 4.74 Å². The van der Waals surface area contributed by atoms with Crippen molar-refractivity contribution < 1.29 is 9.28 Å². The van der Waals surface area contributed by atoms with Crippen LogP contribution in [0.25, 0.3) is 22.5 Å². The second kappa shape index (κ2) is 5.73. The van der Waals surface area contributed by atoms with Gasteiger partial charge in [-0.1, -0.05) is 18.2 Å². The van der Waals surface area contributed by atoms with Gasteiger partial charge in [0, 0.05) is 11.6 Å². The molecule has 5 heteroatoms. The lowest BCUT2D eigenvalue weighted by atomic mass is 10.1. The third-order valence-electron chi connectivity index (χ3n) is 3.43. The standard InChI is InChI=1S/C17H14N2O3/c1-22-15-9-7-14(8-10-15)17-12-11-16(18(20)19(17)21)13-5-3-2-4-6-13/h2-12H,1H3. The quantitative estimate of drug-likeness (QED) is 0.697. The molecule has 0 aliphatic rings. The van der Waals surface area contributed by atoms with E-state index in [1.807, 2.05) is 18.2 Å². The molecule has 5 nitrogen and oxygen atoms in total. The molecule has 3 rings (SSSR count). The Labute approximate surface area is 127 Å². The molecule has 0 aliphatic heterocycles. The number of hydrogen-bond acceptors (Lipinski definition) is 3. The molecule has 0 bridgehead atoms. The molecule has 0 aliphatic carbocycles. The van der Waals surface area contributed by atoms with Gasteiger partial charge in [-0.05, 0) is 42.5 Å². The Bertz CT molecular complexity index is 840. The van der Waals surface area contributed by atoms with E-state index in [9.17, 15) is 10.1 Å². The maximum Gasteiger partial charge on any atom is 0.299 e. The van der Waals surface area contributed by atoms with Crippen LogP contribution in [0.5, 0.6) is 5.75 Å². The van der Waals surface area contributed by atoms with E-state index in [1.54, 1.807) is 55.6 Å². The molecule has 0 unspecified atom stereocenters. The molecule has 0 N–H and O–H groups in total. The van der Waals surface area contributed by atoms with Crippen molar-refractivity contribution in [2.75, 3.05) is 7.11 Å². The first-order chi connectivity index (χ1) is 10.7. The number of benzene rings is 2. The lowest BCUT2D eigenvalue weighted by Crippen LogP contribution is -2.31. The van der Waals surface area contributed by atoms with Crippen LogP contribution in [-0.2, 0) is 0 Å². The van der Waals surface area contributed by atoms with E-state index >= 15 is 0 Å². The molecule has 2 aromatic carbocycles. The van der Waals surface area contributed by atoms with Crippen LogP contribution in [0.4, 0.5) is 0 Å². The predicted molar refractivity (Wildman–Crippen MR) is 84.0 cm³/mol. The van der Waals surface area contributed by atoms with Crippen molar-refractivity contribution in [3.8, 4) is 28.3 Å². The van der Waals surface area contributed by atoms with Crippen molar-refractivity contribution in [3.05, 3.63) is 76.8 Å². The Morgan fingerprint density at radius 2 is 1.59 bits per heavy atom. The monoisotopic (exact) mass is 294 g/mol. The maximum atomic E-state index is 12.3. The maximum absolute atomic E-state index is 12.3. The van der Waals surface area contributed by atoms with E-state index in [0.717, 1.165) is 0 Å². The van der Waals surface area contributed by atoms with E-state index in [0.29, 0.717) is 32.0 Å². The summed E-state index contributed by atoms with van der Waals surface area (Å²) < 4.78 is 5.44. The van der Waals surface area contributed by atoms with Crippen molar-refractivity contribution in [1.82, 2.24) is 4.85 Å². The molecular weight excluding hydrogens is 280 g/mol. The van der Waals surface area contributed by atoms with Crippen LogP contribution in [0.1, 0.15) is 0 Å². The summed E-state index contributed by atoms with van der Waals surface area (Å²) in [5.74, 6) is 0.692. The van der Waals surface area contributed by atoms with Gasteiger partial charge in [-0.15, -0.1) is 4.85 Å². The average Bonchev–Trinajstić information content (AvgIpc) is 2.58. The van der Waals surface area contributed by atoms with Gasteiger partial charge in [-0.3, -0.25) is 0 Å². The van der Waals surface area contributed by atoms with Gasteiger partial charge >= 0.3 is 0 Å². The van der Waals surface area contributed by atoms with Crippen molar-refractivity contribution in [3.63, 3.8) is 0 Å². The Balaban J connectivity index is 2.08. The van der Waals surface area contributed by atoms with Crippen molar-refractivity contribution in [1.29, 1.82) is 0 Å². The van der Waals surface area contributed by atoms with Crippen LogP contribution in [0.2, 0.25) is 0 Å². The molecule has 0 saturated carbocycles. The van der Waals surface area contributed by atoms with Crippen LogP contribution in [0.15, 0.2) is 66.7 Å². The number of aromatic nitrogens is 2. The molecule has 110 valence electrons. The highest BCUT2D eigenvalue weighted by Gasteiger charge is 2.15. The summed E-state index contributed by atoms with van der Waals surface area (Å²) in [6, 6.07) is 19.3. The second-order valence-electron chi connectivity index (χ2n) is 4.74. The number of methoxy groups -OCH3 is 1. The van der Waals surface area contributed by atoms with Gasteiger partial charge in [0.25, 0.3) is 5.69 Å². The minimum absolute atomic E-state index is 0.289. The van der Waals surface area contributed by atoms with Gasteiger partial charge in [0.05, 0.1) is 17.6 Å². The van der Waals surface area contributed by atoms with Crippen LogP contribution >= 0.6 is 0 Å². The van der Waals surface area contributed by atoms with E-state index in [2.05, 4.69) is 0 Å². The molecule has 0 fully saturated rings. The first-order valence-corrected chi connectivity index (χ1v) is 6.77. The molecule has 0 radical (unpaired) electrons. The van der Waals surface area contributed by atoms with E-state index in [-0.39, 0.29) is 5.69 Å². The molecule has 3 aromatic rings. The van der Waals surface area contributed by atoms with Gasteiger partial charge in [-0.25, -0.2) is 0 Å². The molecule has 0 atom stereocenters. The summed E-state index contributed by atoms with van der Waals surface area (Å²) >= 11 is 0. The van der Waals surface area contributed by atoms with Crippen molar-refractivity contribution in [2.24, 2.45) is 0 Å². The zero-order chi connectivity index (χ0) is 15.5. The summed E-state index contributed by atoms with van der Waals surface area (Å²) in [5.41, 5.74) is 1.95. The molecule has 0 amide bonds. The van der Waals surface area contributed by atoms with Gasteiger partial charge in [-0.2, -0.15) is 0 Å². The highest BCUT2D eigenvalue weighted by atomic mass is 16.5. The normalized spacial score (nSPS) is 10.4. The summed E-state index contributed by atoms with van der Waals surface area (Å²) in [6.45, 7) is 0. The summed E-state index contributed by atoms with van der Waals surface area (Å²) in [4.78, 5) is 12.6. The highest BCUT2D eigenvalue weighted by Crippen LogP contribution is 2.22. The zero-order valence-electron chi connectivity index (χ0n) is 12.0. The summed E-state index contributed by atoms with van der Waals surface area (Å²) in [7, 11) is 1.57. The molecule has 0 spiro atoms. The van der Waals surface area contributed by atoms with Crippen molar-refractivity contribution >= 4 is 0 Å². The fourth-order valence-electron chi connectivity index (χ4n) is 2.27. The van der Waals surface area contributed by atoms with Crippen LogP contribution in [0.3, 0.4) is 0 Å². The lowest BCUT2D eigenvalue weighted by molar-refractivity contribution is -0.574. The van der Waals surface area contributed by atoms with Gasteiger partial charge < -0.3 is 9.94 Å². The first kappa shape index (κ1) is 13.9. The third kappa shape index (κ3) is 2.44.